The highest BCUT2D eigenvalue weighted by Gasteiger charge is 2.54. The van der Waals surface area contributed by atoms with Crippen LogP contribution in [0.4, 0.5) is 5.69 Å². The van der Waals surface area contributed by atoms with Crippen LogP contribution in [-0.2, 0) is 16.6 Å². The first-order chi connectivity index (χ1) is 10.8. The number of fused-ring (bicyclic) bond motifs is 5. The van der Waals surface area contributed by atoms with E-state index < -0.39 is 5.41 Å². The van der Waals surface area contributed by atoms with Crippen LogP contribution in [0.3, 0.4) is 0 Å². The molecule has 0 aromatic heterocycles. The minimum absolute atomic E-state index is 0.0109. The van der Waals surface area contributed by atoms with Gasteiger partial charge in [-0.15, -0.1) is 0 Å². The average Bonchev–Trinajstić information content (AvgIpc) is 3.06. The number of para-hydroxylation sites is 1. The highest BCUT2D eigenvalue weighted by molar-refractivity contribution is 6.09. The topological polar surface area (TPSA) is 47.6 Å². The smallest absolute Gasteiger partial charge is 0.243 e. The second kappa shape index (κ2) is 4.03. The molecule has 0 bridgehead atoms. The largest absolute Gasteiger partial charge is 0.493 e. The molecule has 0 saturated carbocycles. The van der Waals surface area contributed by atoms with Crippen molar-refractivity contribution in [1.82, 2.24) is 0 Å². The molecule has 0 radical (unpaired) electrons. The Labute approximate surface area is 128 Å². The average molecular weight is 293 g/mol. The van der Waals surface area contributed by atoms with Crippen molar-refractivity contribution in [3.8, 4) is 11.5 Å². The van der Waals surface area contributed by atoms with Crippen LogP contribution in [0.2, 0.25) is 0 Å². The van der Waals surface area contributed by atoms with Gasteiger partial charge in [-0.2, -0.15) is 0 Å². The van der Waals surface area contributed by atoms with Crippen LogP contribution < -0.4 is 14.8 Å². The van der Waals surface area contributed by atoms with Crippen molar-refractivity contribution < 1.29 is 14.3 Å². The summed E-state index contributed by atoms with van der Waals surface area (Å²) in [6.45, 7) is 1.09. The Morgan fingerprint density at radius 1 is 1.05 bits per heavy atom. The summed E-state index contributed by atoms with van der Waals surface area (Å²) in [5.74, 6) is 1.70. The maximum Gasteiger partial charge on any atom is 0.243 e. The van der Waals surface area contributed by atoms with Crippen molar-refractivity contribution in [2.24, 2.45) is 0 Å². The first-order valence-corrected chi connectivity index (χ1v) is 7.63. The van der Waals surface area contributed by atoms with E-state index in [4.69, 9.17) is 9.47 Å². The number of carbonyl (C=O) groups excluding carboxylic acids is 1. The highest BCUT2D eigenvalue weighted by Crippen LogP contribution is 2.51. The Morgan fingerprint density at radius 2 is 1.95 bits per heavy atom. The standard InChI is InChI=1S/C18H15NO3/c20-17-18(12-5-1-2-6-14(12)19-17)10-22-16-8-11-4-3-7-21-15(11)9-13(16)18/h1-2,5-6,8-9H,3-4,7,10H2,(H,19,20). The lowest BCUT2D eigenvalue weighted by atomic mass is 9.76. The molecule has 1 atom stereocenters. The van der Waals surface area contributed by atoms with Gasteiger partial charge < -0.3 is 14.8 Å². The molecule has 5 rings (SSSR count). The van der Waals surface area contributed by atoms with Gasteiger partial charge in [-0.05, 0) is 42.2 Å². The van der Waals surface area contributed by atoms with Crippen LogP contribution in [0.1, 0.15) is 23.1 Å². The predicted octanol–water partition coefficient (Wildman–Crippen LogP) is 2.64. The van der Waals surface area contributed by atoms with E-state index in [0.717, 1.165) is 47.8 Å². The minimum Gasteiger partial charge on any atom is -0.493 e. The molecule has 2 aromatic carbocycles. The van der Waals surface area contributed by atoms with Crippen LogP contribution >= 0.6 is 0 Å². The Balaban J connectivity index is 1.76. The lowest BCUT2D eigenvalue weighted by Crippen LogP contribution is -2.37. The van der Waals surface area contributed by atoms with Gasteiger partial charge in [0.25, 0.3) is 0 Å². The number of nitrogens with one attached hydrogen (secondary N) is 1. The summed E-state index contributed by atoms with van der Waals surface area (Å²) < 4.78 is 11.7. The summed E-state index contributed by atoms with van der Waals surface area (Å²) >= 11 is 0. The zero-order chi connectivity index (χ0) is 14.7. The van der Waals surface area contributed by atoms with Crippen LogP contribution in [0.15, 0.2) is 36.4 Å². The molecule has 0 fully saturated rings. The number of rotatable bonds is 0. The molecule has 0 saturated heterocycles. The monoisotopic (exact) mass is 293 g/mol. The van der Waals surface area contributed by atoms with Crippen LogP contribution in [0, 0.1) is 0 Å². The van der Waals surface area contributed by atoms with Gasteiger partial charge in [0.1, 0.15) is 23.5 Å². The van der Waals surface area contributed by atoms with E-state index in [9.17, 15) is 4.79 Å². The fourth-order valence-electron chi connectivity index (χ4n) is 3.82. The number of hydrogen-bond donors (Lipinski definition) is 1. The number of hydrogen-bond acceptors (Lipinski definition) is 3. The van der Waals surface area contributed by atoms with E-state index in [2.05, 4.69) is 5.32 Å². The molecule has 4 nitrogen and oxygen atoms in total. The quantitative estimate of drug-likeness (QED) is 0.812. The van der Waals surface area contributed by atoms with Gasteiger partial charge in [-0.25, -0.2) is 0 Å². The van der Waals surface area contributed by atoms with E-state index in [1.165, 1.54) is 5.56 Å². The van der Waals surface area contributed by atoms with Gasteiger partial charge >= 0.3 is 0 Å². The third kappa shape index (κ3) is 1.35. The number of carbonyl (C=O) groups is 1. The van der Waals surface area contributed by atoms with Crippen molar-refractivity contribution in [2.75, 3.05) is 18.5 Å². The highest BCUT2D eigenvalue weighted by atomic mass is 16.5. The van der Waals surface area contributed by atoms with E-state index in [1.807, 2.05) is 36.4 Å². The van der Waals surface area contributed by atoms with E-state index in [0.29, 0.717) is 6.61 Å². The van der Waals surface area contributed by atoms with Gasteiger partial charge in [0, 0.05) is 11.3 Å². The molecule has 0 aliphatic carbocycles. The van der Waals surface area contributed by atoms with E-state index in [1.54, 1.807) is 0 Å². The van der Waals surface area contributed by atoms with E-state index in [-0.39, 0.29) is 5.91 Å². The summed E-state index contributed by atoms with van der Waals surface area (Å²) in [6.07, 6.45) is 2.03. The molecular weight excluding hydrogens is 278 g/mol. The first kappa shape index (κ1) is 12.1. The van der Waals surface area contributed by atoms with Crippen LogP contribution in [0.25, 0.3) is 0 Å². The fourth-order valence-corrected chi connectivity index (χ4v) is 3.82. The Morgan fingerprint density at radius 3 is 2.91 bits per heavy atom. The molecule has 2 aromatic rings. The number of anilines is 1. The molecule has 3 heterocycles. The number of ether oxygens (including phenoxy) is 2. The first-order valence-electron chi connectivity index (χ1n) is 7.63. The van der Waals surface area contributed by atoms with Crippen molar-refractivity contribution in [3.05, 3.63) is 53.1 Å². The van der Waals surface area contributed by atoms with Crippen LogP contribution in [-0.4, -0.2) is 19.1 Å². The minimum atomic E-state index is -0.734. The molecule has 1 unspecified atom stereocenters. The van der Waals surface area contributed by atoms with Crippen molar-refractivity contribution in [2.45, 2.75) is 18.3 Å². The number of amides is 1. The van der Waals surface area contributed by atoms with Gasteiger partial charge in [0.15, 0.2) is 0 Å². The summed E-state index contributed by atoms with van der Waals surface area (Å²) in [5.41, 5.74) is 3.24. The van der Waals surface area contributed by atoms with Gasteiger partial charge in [-0.3, -0.25) is 4.79 Å². The Bertz CT molecular complexity index is 814. The van der Waals surface area contributed by atoms with Crippen molar-refractivity contribution in [3.63, 3.8) is 0 Å². The Kier molecular flexibility index (Phi) is 2.22. The number of benzene rings is 2. The fraction of sp³-hybridized carbons (Fsp3) is 0.278. The zero-order valence-corrected chi connectivity index (χ0v) is 12.0. The van der Waals surface area contributed by atoms with Gasteiger partial charge in [0.05, 0.1) is 6.61 Å². The maximum absolute atomic E-state index is 12.8. The summed E-state index contributed by atoms with van der Waals surface area (Å²) in [6, 6.07) is 11.9. The zero-order valence-electron chi connectivity index (χ0n) is 12.0. The SMILES string of the molecule is O=C1Nc2ccccc2C12COc1cc3c(cc12)OCCC3. The molecule has 1 spiro atoms. The lowest BCUT2D eigenvalue weighted by Gasteiger charge is -2.22. The molecule has 3 aliphatic heterocycles. The molecule has 3 aliphatic rings. The number of aryl methyl sites for hydroxylation is 1. The third-order valence-electron chi connectivity index (χ3n) is 4.94. The normalized spacial score (nSPS) is 24.1. The summed E-state index contributed by atoms with van der Waals surface area (Å²) in [5, 5.41) is 2.99. The van der Waals surface area contributed by atoms with Crippen molar-refractivity contribution in [1.29, 1.82) is 0 Å². The molecule has 1 N–H and O–H groups in total. The molecular formula is C18H15NO3. The van der Waals surface area contributed by atoms with Gasteiger partial charge in [0.2, 0.25) is 5.91 Å². The van der Waals surface area contributed by atoms with E-state index >= 15 is 0 Å². The molecule has 110 valence electrons. The summed E-state index contributed by atoms with van der Waals surface area (Å²) in [7, 11) is 0. The molecule has 22 heavy (non-hydrogen) atoms. The predicted molar refractivity (Wildman–Crippen MR) is 81.6 cm³/mol. The second-order valence-corrected chi connectivity index (χ2v) is 6.10. The molecule has 4 heteroatoms. The Hall–Kier alpha value is -2.49. The van der Waals surface area contributed by atoms with Crippen molar-refractivity contribution >= 4 is 11.6 Å². The molecule has 1 amide bonds. The van der Waals surface area contributed by atoms with Gasteiger partial charge in [-0.1, -0.05) is 18.2 Å². The maximum atomic E-state index is 12.8. The third-order valence-corrected chi connectivity index (χ3v) is 4.94. The lowest BCUT2D eigenvalue weighted by molar-refractivity contribution is -0.119. The second-order valence-electron chi connectivity index (χ2n) is 6.10. The summed E-state index contributed by atoms with van der Waals surface area (Å²) in [4.78, 5) is 12.8. The van der Waals surface area contributed by atoms with Crippen LogP contribution in [0.5, 0.6) is 11.5 Å².